The SMILES string of the molecule is CC(=O)Nc1ccc(NC(=O)C(C)OC(=O)C(C)C)cc1. The van der Waals surface area contributed by atoms with E-state index in [1.807, 2.05) is 0 Å². The summed E-state index contributed by atoms with van der Waals surface area (Å²) in [4.78, 5) is 34.2. The summed E-state index contributed by atoms with van der Waals surface area (Å²) in [6, 6.07) is 6.64. The zero-order chi connectivity index (χ0) is 16.0. The first-order chi connectivity index (χ1) is 9.79. The van der Waals surface area contributed by atoms with Crippen molar-refractivity contribution >= 4 is 29.2 Å². The van der Waals surface area contributed by atoms with Crippen LogP contribution in [0.5, 0.6) is 0 Å². The van der Waals surface area contributed by atoms with Crippen LogP contribution in [0.15, 0.2) is 24.3 Å². The van der Waals surface area contributed by atoms with Crippen molar-refractivity contribution in [2.75, 3.05) is 10.6 Å². The summed E-state index contributed by atoms with van der Waals surface area (Å²) in [5, 5.41) is 5.26. The number of rotatable bonds is 5. The molecule has 2 amide bonds. The van der Waals surface area contributed by atoms with E-state index in [1.54, 1.807) is 38.1 Å². The molecular formula is C15H20N2O4. The number of amides is 2. The minimum atomic E-state index is -0.866. The Morgan fingerprint density at radius 2 is 1.43 bits per heavy atom. The zero-order valence-corrected chi connectivity index (χ0v) is 12.6. The molecule has 0 fully saturated rings. The Hall–Kier alpha value is -2.37. The predicted molar refractivity (Wildman–Crippen MR) is 79.8 cm³/mol. The molecule has 0 aliphatic rings. The Balaban J connectivity index is 2.58. The van der Waals surface area contributed by atoms with E-state index in [2.05, 4.69) is 10.6 Å². The second-order valence-corrected chi connectivity index (χ2v) is 4.98. The van der Waals surface area contributed by atoms with Gasteiger partial charge < -0.3 is 15.4 Å². The maximum atomic E-state index is 11.9. The molecule has 0 heterocycles. The molecule has 6 nitrogen and oxygen atoms in total. The lowest BCUT2D eigenvalue weighted by Crippen LogP contribution is -2.31. The van der Waals surface area contributed by atoms with Crippen LogP contribution < -0.4 is 10.6 Å². The Morgan fingerprint density at radius 3 is 1.86 bits per heavy atom. The molecule has 0 bridgehead atoms. The largest absolute Gasteiger partial charge is 0.452 e. The van der Waals surface area contributed by atoms with E-state index < -0.39 is 18.0 Å². The molecule has 0 saturated heterocycles. The van der Waals surface area contributed by atoms with E-state index >= 15 is 0 Å². The lowest BCUT2D eigenvalue weighted by Gasteiger charge is -2.15. The van der Waals surface area contributed by atoms with Gasteiger partial charge in [0.1, 0.15) is 0 Å². The summed E-state index contributed by atoms with van der Waals surface area (Å²) in [5.41, 5.74) is 1.20. The monoisotopic (exact) mass is 292 g/mol. The second kappa shape index (κ2) is 7.42. The molecule has 0 aliphatic carbocycles. The van der Waals surface area contributed by atoms with E-state index in [0.717, 1.165) is 0 Å². The molecule has 0 spiro atoms. The van der Waals surface area contributed by atoms with Crippen LogP contribution in [0.3, 0.4) is 0 Å². The van der Waals surface area contributed by atoms with Crippen molar-refractivity contribution in [2.24, 2.45) is 5.92 Å². The first-order valence-corrected chi connectivity index (χ1v) is 6.68. The molecule has 1 rings (SSSR count). The van der Waals surface area contributed by atoms with Gasteiger partial charge in [0.25, 0.3) is 5.91 Å². The highest BCUT2D eigenvalue weighted by atomic mass is 16.5. The van der Waals surface area contributed by atoms with Crippen molar-refractivity contribution in [3.8, 4) is 0 Å². The van der Waals surface area contributed by atoms with Crippen LogP contribution in [-0.2, 0) is 19.1 Å². The van der Waals surface area contributed by atoms with Crippen LogP contribution in [-0.4, -0.2) is 23.9 Å². The number of hydrogen-bond donors (Lipinski definition) is 2. The number of benzene rings is 1. The van der Waals surface area contributed by atoms with Gasteiger partial charge in [-0.1, -0.05) is 13.8 Å². The Labute approximate surface area is 123 Å². The molecule has 21 heavy (non-hydrogen) atoms. The predicted octanol–water partition coefficient (Wildman–Crippen LogP) is 2.17. The van der Waals surface area contributed by atoms with Crippen molar-refractivity contribution in [1.82, 2.24) is 0 Å². The van der Waals surface area contributed by atoms with Gasteiger partial charge in [-0.05, 0) is 31.2 Å². The summed E-state index contributed by atoms with van der Waals surface area (Å²) < 4.78 is 5.01. The fraction of sp³-hybridized carbons (Fsp3) is 0.400. The van der Waals surface area contributed by atoms with Gasteiger partial charge in [-0.2, -0.15) is 0 Å². The second-order valence-electron chi connectivity index (χ2n) is 4.98. The van der Waals surface area contributed by atoms with E-state index in [-0.39, 0.29) is 11.8 Å². The van der Waals surface area contributed by atoms with Gasteiger partial charge in [0, 0.05) is 18.3 Å². The van der Waals surface area contributed by atoms with Crippen molar-refractivity contribution in [1.29, 1.82) is 0 Å². The van der Waals surface area contributed by atoms with Gasteiger partial charge in [-0.15, -0.1) is 0 Å². The van der Waals surface area contributed by atoms with Gasteiger partial charge in [0.15, 0.2) is 6.10 Å². The average molecular weight is 292 g/mol. The summed E-state index contributed by atoms with van der Waals surface area (Å²) >= 11 is 0. The summed E-state index contributed by atoms with van der Waals surface area (Å²) in [5.74, 6) is -1.27. The van der Waals surface area contributed by atoms with Crippen LogP contribution in [0.1, 0.15) is 27.7 Å². The van der Waals surface area contributed by atoms with E-state index in [9.17, 15) is 14.4 Å². The van der Waals surface area contributed by atoms with Crippen molar-refractivity contribution in [3.63, 3.8) is 0 Å². The smallest absolute Gasteiger partial charge is 0.309 e. The summed E-state index contributed by atoms with van der Waals surface area (Å²) in [7, 11) is 0. The highest BCUT2D eigenvalue weighted by molar-refractivity contribution is 5.95. The highest BCUT2D eigenvalue weighted by Crippen LogP contribution is 2.14. The minimum absolute atomic E-state index is 0.166. The number of hydrogen-bond acceptors (Lipinski definition) is 4. The third-order valence-electron chi connectivity index (χ3n) is 2.61. The van der Waals surface area contributed by atoms with Crippen LogP contribution in [0.25, 0.3) is 0 Å². The lowest BCUT2D eigenvalue weighted by atomic mass is 10.2. The molecule has 0 saturated carbocycles. The Kier molecular flexibility index (Phi) is 5.90. The molecular weight excluding hydrogens is 272 g/mol. The number of ether oxygens (including phenoxy) is 1. The van der Waals surface area contributed by atoms with Gasteiger partial charge in [0.2, 0.25) is 5.91 Å². The van der Waals surface area contributed by atoms with Gasteiger partial charge in [-0.3, -0.25) is 14.4 Å². The number of esters is 1. The van der Waals surface area contributed by atoms with E-state index in [1.165, 1.54) is 13.8 Å². The molecule has 1 aromatic rings. The van der Waals surface area contributed by atoms with Gasteiger partial charge >= 0.3 is 5.97 Å². The standard InChI is InChI=1S/C15H20N2O4/c1-9(2)15(20)21-10(3)14(19)17-13-7-5-12(6-8-13)16-11(4)18/h5-10H,1-4H3,(H,16,18)(H,17,19). The molecule has 0 aromatic heterocycles. The van der Waals surface area contributed by atoms with Gasteiger partial charge in [0.05, 0.1) is 5.92 Å². The van der Waals surface area contributed by atoms with Crippen molar-refractivity contribution in [2.45, 2.75) is 33.8 Å². The topological polar surface area (TPSA) is 84.5 Å². The van der Waals surface area contributed by atoms with Crippen LogP contribution in [0.2, 0.25) is 0 Å². The number of anilines is 2. The third-order valence-corrected chi connectivity index (χ3v) is 2.61. The van der Waals surface area contributed by atoms with Gasteiger partial charge in [-0.25, -0.2) is 0 Å². The number of nitrogens with one attached hydrogen (secondary N) is 2. The van der Waals surface area contributed by atoms with E-state index in [0.29, 0.717) is 11.4 Å². The minimum Gasteiger partial charge on any atom is -0.452 e. The average Bonchev–Trinajstić information content (AvgIpc) is 2.40. The van der Waals surface area contributed by atoms with Crippen molar-refractivity contribution in [3.05, 3.63) is 24.3 Å². The molecule has 0 radical (unpaired) electrons. The zero-order valence-electron chi connectivity index (χ0n) is 12.6. The fourth-order valence-electron chi connectivity index (χ4n) is 1.45. The van der Waals surface area contributed by atoms with Crippen LogP contribution in [0, 0.1) is 5.92 Å². The van der Waals surface area contributed by atoms with Crippen molar-refractivity contribution < 1.29 is 19.1 Å². The summed E-state index contributed by atoms with van der Waals surface area (Å²) in [6.07, 6.45) is -0.866. The van der Waals surface area contributed by atoms with E-state index in [4.69, 9.17) is 4.74 Å². The molecule has 1 atom stereocenters. The van der Waals surface area contributed by atoms with Crippen LogP contribution >= 0.6 is 0 Å². The first-order valence-electron chi connectivity index (χ1n) is 6.68. The maximum Gasteiger partial charge on any atom is 0.309 e. The summed E-state index contributed by atoms with van der Waals surface area (Å²) in [6.45, 7) is 6.34. The van der Waals surface area contributed by atoms with Crippen LogP contribution in [0.4, 0.5) is 11.4 Å². The normalized spacial score (nSPS) is 11.7. The maximum absolute atomic E-state index is 11.9. The Morgan fingerprint density at radius 1 is 0.952 bits per heavy atom. The molecule has 1 unspecified atom stereocenters. The number of carbonyl (C=O) groups excluding carboxylic acids is 3. The number of carbonyl (C=O) groups is 3. The quantitative estimate of drug-likeness (QED) is 0.815. The molecule has 0 aliphatic heterocycles. The first kappa shape index (κ1) is 16.7. The molecule has 114 valence electrons. The molecule has 1 aromatic carbocycles. The lowest BCUT2D eigenvalue weighted by molar-refractivity contribution is -0.156. The Bertz CT molecular complexity index is 523. The third kappa shape index (κ3) is 5.64. The molecule has 6 heteroatoms. The fourth-order valence-corrected chi connectivity index (χ4v) is 1.45. The molecule has 2 N–H and O–H groups in total. The highest BCUT2D eigenvalue weighted by Gasteiger charge is 2.19.